The highest BCUT2D eigenvalue weighted by Gasteiger charge is 2.24. The van der Waals surface area contributed by atoms with Gasteiger partial charge in [-0.05, 0) is 31.7 Å². The van der Waals surface area contributed by atoms with Gasteiger partial charge in [0.2, 0.25) is 5.89 Å². The Bertz CT molecular complexity index is 815. The van der Waals surface area contributed by atoms with E-state index in [0.29, 0.717) is 23.0 Å². The van der Waals surface area contributed by atoms with E-state index in [1.807, 2.05) is 43.4 Å². The maximum absolute atomic E-state index is 14.1. The molecule has 3 aromatic rings. The number of nitrogens with zero attached hydrogens (tertiary/aromatic N) is 2. The Labute approximate surface area is 163 Å². The predicted octanol–water partition coefficient (Wildman–Crippen LogP) is 4.66. The van der Waals surface area contributed by atoms with Gasteiger partial charge in [-0.25, -0.2) is 4.39 Å². The van der Waals surface area contributed by atoms with E-state index in [2.05, 4.69) is 22.4 Å². The molecule has 3 rings (SSSR count). The topological polar surface area (TPSA) is 51.0 Å². The summed E-state index contributed by atoms with van der Waals surface area (Å²) in [6.45, 7) is 2.05. The first-order valence-corrected chi connectivity index (χ1v) is 9.01. The van der Waals surface area contributed by atoms with Crippen LogP contribution in [-0.2, 0) is 6.42 Å². The molecule has 0 bridgehead atoms. The fourth-order valence-corrected chi connectivity index (χ4v) is 3.47. The van der Waals surface area contributed by atoms with Crippen LogP contribution in [0.15, 0.2) is 64.0 Å². The molecule has 0 aliphatic heterocycles. The van der Waals surface area contributed by atoms with Crippen molar-refractivity contribution in [1.29, 1.82) is 0 Å². The van der Waals surface area contributed by atoms with Crippen LogP contribution in [0, 0.1) is 5.82 Å². The van der Waals surface area contributed by atoms with Crippen LogP contribution in [0.5, 0.6) is 0 Å². The molecule has 2 aromatic carbocycles. The van der Waals surface area contributed by atoms with E-state index in [1.54, 1.807) is 12.1 Å². The van der Waals surface area contributed by atoms with Gasteiger partial charge in [-0.15, -0.1) is 24.2 Å². The summed E-state index contributed by atoms with van der Waals surface area (Å²) in [5, 5.41) is 6.98. The summed E-state index contributed by atoms with van der Waals surface area (Å²) in [6.07, 6.45) is 0.672. The van der Waals surface area contributed by atoms with Gasteiger partial charge < -0.3 is 9.84 Å². The molecule has 0 fully saturated rings. The van der Waals surface area contributed by atoms with Crippen LogP contribution < -0.4 is 5.32 Å². The van der Waals surface area contributed by atoms with Gasteiger partial charge in [-0.2, -0.15) is 4.98 Å². The minimum atomic E-state index is -0.260. The first kappa shape index (κ1) is 20.4. The molecule has 2 unspecified atom stereocenters. The van der Waals surface area contributed by atoms with Gasteiger partial charge in [0, 0.05) is 17.4 Å². The Hall–Kier alpha value is -1.89. The number of rotatable bonds is 7. The van der Waals surface area contributed by atoms with E-state index >= 15 is 0 Å². The third kappa shape index (κ3) is 5.06. The molecule has 0 aliphatic carbocycles. The number of likely N-dealkylation sites (N-methyl/N-ethyl adjacent to an activating group) is 1. The van der Waals surface area contributed by atoms with E-state index in [9.17, 15) is 4.39 Å². The van der Waals surface area contributed by atoms with Crippen LogP contribution in [0.25, 0.3) is 0 Å². The molecule has 2 atom stereocenters. The monoisotopic (exact) mass is 393 g/mol. The van der Waals surface area contributed by atoms with Crippen molar-refractivity contribution in [3.8, 4) is 0 Å². The second-order valence-corrected chi connectivity index (χ2v) is 6.93. The van der Waals surface area contributed by atoms with Gasteiger partial charge in [0.05, 0.1) is 0 Å². The average Bonchev–Trinajstić information content (AvgIpc) is 3.09. The summed E-state index contributed by atoms with van der Waals surface area (Å²) in [7, 11) is 1.90. The van der Waals surface area contributed by atoms with E-state index in [4.69, 9.17) is 4.52 Å². The Kier molecular flexibility index (Phi) is 7.63. The molecule has 7 heteroatoms. The number of halogens is 2. The number of benzene rings is 2. The third-order valence-electron chi connectivity index (χ3n) is 3.87. The number of nitrogens with one attached hydrogen (secondary N) is 1. The van der Waals surface area contributed by atoms with Crippen LogP contribution in [0.4, 0.5) is 4.39 Å². The normalized spacial score (nSPS) is 13.0. The minimum Gasteiger partial charge on any atom is -0.338 e. The highest BCUT2D eigenvalue weighted by molar-refractivity contribution is 7.99. The lowest BCUT2D eigenvalue weighted by Crippen LogP contribution is -2.24. The van der Waals surface area contributed by atoms with Gasteiger partial charge >= 0.3 is 0 Å². The number of hydrogen-bond acceptors (Lipinski definition) is 5. The van der Waals surface area contributed by atoms with Crippen LogP contribution in [-0.4, -0.2) is 23.2 Å². The molecule has 1 heterocycles. The highest BCUT2D eigenvalue weighted by Crippen LogP contribution is 2.40. The van der Waals surface area contributed by atoms with Crippen LogP contribution in [0.2, 0.25) is 0 Å². The first-order valence-electron chi connectivity index (χ1n) is 8.13. The van der Waals surface area contributed by atoms with E-state index in [-0.39, 0.29) is 29.5 Å². The van der Waals surface area contributed by atoms with Gasteiger partial charge in [-0.1, -0.05) is 47.6 Å². The molecule has 0 saturated heterocycles. The summed E-state index contributed by atoms with van der Waals surface area (Å²) in [4.78, 5) is 5.09. The summed E-state index contributed by atoms with van der Waals surface area (Å²) in [6, 6.07) is 16.8. The Morgan fingerprint density at radius 2 is 1.81 bits per heavy atom. The largest absolute Gasteiger partial charge is 0.338 e. The van der Waals surface area contributed by atoms with Crippen molar-refractivity contribution in [2.75, 3.05) is 7.05 Å². The summed E-state index contributed by atoms with van der Waals surface area (Å²) < 4.78 is 19.6. The first-order chi connectivity index (χ1) is 12.2. The third-order valence-corrected chi connectivity index (χ3v) is 5.17. The zero-order chi connectivity index (χ0) is 17.6. The van der Waals surface area contributed by atoms with Gasteiger partial charge in [-0.3, -0.25) is 0 Å². The Morgan fingerprint density at radius 1 is 1.12 bits per heavy atom. The molecular weight excluding hydrogens is 373 g/mol. The molecular formula is C19H21ClFN3OS. The lowest BCUT2D eigenvalue weighted by atomic mass is 10.1. The molecule has 138 valence electrons. The highest BCUT2D eigenvalue weighted by atomic mass is 35.5. The zero-order valence-corrected chi connectivity index (χ0v) is 16.2. The van der Waals surface area contributed by atoms with Crippen LogP contribution >= 0.6 is 24.2 Å². The summed E-state index contributed by atoms with van der Waals surface area (Å²) in [5.74, 6) is 0.877. The Balaban J connectivity index is 0.00000243. The quantitative estimate of drug-likeness (QED) is 0.591. The molecule has 4 nitrogen and oxygen atoms in total. The van der Waals surface area contributed by atoms with E-state index in [0.717, 1.165) is 5.56 Å². The van der Waals surface area contributed by atoms with Crippen molar-refractivity contribution < 1.29 is 8.91 Å². The average molecular weight is 394 g/mol. The van der Waals surface area contributed by atoms with Crippen molar-refractivity contribution in [1.82, 2.24) is 15.5 Å². The molecule has 0 saturated carbocycles. The molecule has 0 aliphatic rings. The van der Waals surface area contributed by atoms with Crippen LogP contribution in [0.1, 0.15) is 29.5 Å². The lowest BCUT2D eigenvalue weighted by Gasteiger charge is -2.13. The number of hydrogen-bond donors (Lipinski definition) is 1. The molecule has 0 spiro atoms. The fourth-order valence-electron chi connectivity index (χ4n) is 2.39. The zero-order valence-electron chi connectivity index (χ0n) is 14.6. The molecule has 26 heavy (non-hydrogen) atoms. The molecule has 1 aromatic heterocycles. The maximum Gasteiger partial charge on any atom is 0.244 e. The van der Waals surface area contributed by atoms with Crippen molar-refractivity contribution in [2.45, 2.75) is 29.5 Å². The maximum atomic E-state index is 14.1. The predicted molar refractivity (Wildman–Crippen MR) is 104 cm³/mol. The molecule has 0 radical (unpaired) electrons. The lowest BCUT2D eigenvalue weighted by molar-refractivity contribution is 0.375. The van der Waals surface area contributed by atoms with Crippen molar-refractivity contribution >= 4 is 24.2 Å². The second kappa shape index (κ2) is 9.71. The number of thioether (sulfide) groups is 1. The van der Waals surface area contributed by atoms with E-state index < -0.39 is 0 Å². The molecule has 0 amide bonds. The summed E-state index contributed by atoms with van der Waals surface area (Å²) in [5.41, 5.74) is 0.993. The van der Waals surface area contributed by atoms with E-state index in [1.165, 1.54) is 17.8 Å². The van der Waals surface area contributed by atoms with Gasteiger partial charge in [0.1, 0.15) is 11.1 Å². The minimum absolute atomic E-state index is 0. The van der Waals surface area contributed by atoms with Gasteiger partial charge in [0.15, 0.2) is 5.82 Å². The van der Waals surface area contributed by atoms with Crippen molar-refractivity contribution in [3.05, 3.63) is 77.7 Å². The van der Waals surface area contributed by atoms with Gasteiger partial charge in [0.25, 0.3) is 0 Å². The molecule has 1 N–H and O–H groups in total. The van der Waals surface area contributed by atoms with Crippen molar-refractivity contribution in [3.63, 3.8) is 0 Å². The smallest absolute Gasteiger partial charge is 0.244 e. The second-order valence-electron chi connectivity index (χ2n) is 5.78. The SMILES string of the molecule is CNC(C)Cc1noc(C(Sc2ccccc2F)c2ccccc2)n1.Cl. The summed E-state index contributed by atoms with van der Waals surface area (Å²) >= 11 is 1.37. The van der Waals surface area contributed by atoms with Crippen LogP contribution in [0.3, 0.4) is 0 Å². The van der Waals surface area contributed by atoms with Crippen molar-refractivity contribution in [2.24, 2.45) is 0 Å². The Morgan fingerprint density at radius 3 is 2.50 bits per heavy atom. The number of aromatic nitrogens is 2. The fraction of sp³-hybridized carbons (Fsp3) is 0.263. The standard InChI is InChI=1S/C19H20FN3OS.ClH/c1-13(21-2)12-17-22-19(24-23-17)18(14-8-4-3-5-9-14)25-16-11-7-6-10-15(16)20;/h3-11,13,18,21H,12H2,1-2H3;1H.